The zero-order valence-electron chi connectivity index (χ0n) is 8.17. The van der Waals surface area contributed by atoms with Crippen LogP contribution in [-0.4, -0.2) is 22.2 Å². The molecule has 0 aliphatic carbocycles. The Labute approximate surface area is 94.7 Å². The van der Waals surface area contributed by atoms with E-state index in [4.69, 9.17) is 10.2 Å². The van der Waals surface area contributed by atoms with Crippen molar-refractivity contribution in [3.63, 3.8) is 0 Å². The van der Waals surface area contributed by atoms with Gasteiger partial charge in [-0.05, 0) is 40.9 Å². The van der Waals surface area contributed by atoms with E-state index in [0.29, 0.717) is 11.1 Å². The molecule has 0 fully saturated rings. The van der Waals surface area contributed by atoms with Crippen LogP contribution < -0.4 is 0 Å². The Morgan fingerprint density at radius 2 is 1.40 bits per heavy atom. The summed E-state index contributed by atoms with van der Waals surface area (Å²) in [7, 11) is 0. The van der Waals surface area contributed by atoms with Crippen molar-refractivity contribution in [2.24, 2.45) is 0 Å². The molecular formula is C10H9BrO4. The Morgan fingerprint density at radius 1 is 1.07 bits per heavy atom. The number of carboxylic acids is 2. The molecule has 80 valence electrons. The molecule has 1 aromatic rings. The first-order valence-corrected chi connectivity index (χ1v) is 4.91. The minimum atomic E-state index is -1.14. The minimum Gasteiger partial charge on any atom is -0.478 e. The van der Waals surface area contributed by atoms with Crippen molar-refractivity contribution >= 4 is 27.9 Å². The molecule has 0 unspecified atom stereocenters. The summed E-state index contributed by atoms with van der Waals surface area (Å²) in [5.74, 6) is -2.27. The van der Waals surface area contributed by atoms with Crippen molar-refractivity contribution in [1.82, 2.24) is 0 Å². The summed E-state index contributed by atoms with van der Waals surface area (Å²) in [6.45, 7) is 3.26. The Kier molecular flexibility index (Phi) is 3.14. The van der Waals surface area contributed by atoms with Gasteiger partial charge in [-0.1, -0.05) is 6.07 Å². The molecule has 0 heterocycles. The summed E-state index contributed by atoms with van der Waals surface area (Å²) in [4.78, 5) is 21.8. The van der Waals surface area contributed by atoms with Crippen LogP contribution in [0.25, 0.3) is 0 Å². The lowest BCUT2D eigenvalue weighted by molar-refractivity contribution is 0.0695. The first kappa shape index (κ1) is 11.7. The highest BCUT2D eigenvalue weighted by molar-refractivity contribution is 9.10. The highest BCUT2D eigenvalue weighted by atomic mass is 79.9. The second-order valence-corrected chi connectivity index (χ2v) is 3.98. The molecule has 0 saturated carbocycles. The number of hydrogen-bond acceptors (Lipinski definition) is 2. The van der Waals surface area contributed by atoms with Crippen LogP contribution in [0.4, 0.5) is 0 Å². The minimum absolute atomic E-state index is 0.00185. The maximum Gasteiger partial charge on any atom is 0.337 e. The zero-order chi connectivity index (χ0) is 11.7. The molecule has 15 heavy (non-hydrogen) atoms. The second kappa shape index (κ2) is 4.02. The van der Waals surface area contributed by atoms with Crippen LogP contribution >= 0.6 is 15.9 Å². The van der Waals surface area contributed by atoms with Gasteiger partial charge in [0.05, 0.1) is 11.1 Å². The third-order valence-corrected chi connectivity index (χ3v) is 2.88. The fraction of sp³-hybridized carbons (Fsp3) is 0.200. The number of aryl methyl sites for hydroxylation is 2. The van der Waals surface area contributed by atoms with Crippen LogP contribution in [0.5, 0.6) is 0 Å². The molecule has 5 heteroatoms. The van der Waals surface area contributed by atoms with Crippen molar-refractivity contribution in [3.8, 4) is 0 Å². The Hall–Kier alpha value is -1.36. The van der Waals surface area contributed by atoms with E-state index in [1.165, 1.54) is 0 Å². The standard InChI is InChI=1S/C10H9BrO4/c1-4-3-5(2)7(10(14)15)8(11)6(4)9(12)13/h3H,1-2H3,(H,12,13)(H,14,15). The van der Waals surface area contributed by atoms with Gasteiger partial charge in [-0.15, -0.1) is 0 Å². The molecular weight excluding hydrogens is 264 g/mol. The normalized spacial score (nSPS) is 10.1. The van der Waals surface area contributed by atoms with Gasteiger partial charge in [0.25, 0.3) is 0 Å². The second-order valence-electron chi connectivity index (χ2n) is 3.18. The fourth-order valence-electron chi connectivity index (χ4n) is 1.47. The average molecular weight is 273 g/mol. The highest BCUT2D eigenvalue weighted by Crippen LogP contribution is 2.28. The van der Waals surface area contributed by atoms with Gasteiger partial charge >= 0.3 is 11.9 Å². The van der Waals surface area contributed by atoms with Gasteiger partial charge in [0, 0.05) is 4.47 Å². The monoisotopic (exact) mass is 272 g/mol. The number of benzene rings is 1. The van der Waals surface area contributed by atoms with Gasteiger partial charge < -0.3 is 10.2 Å². The molecule has 0 atom stereocenters. The van der Waals surface area contributed by atoms with Crippen molar-refractivity contribution in [2.45, 2.75) is 13.8 Å². The third-order valence-electron chi connectivity index (χ3n) is 2.09. The van der Waals surface area contributed by atoms with Gasteiger partial charge in [-0.2, -0.15) is 0 Å². The number of aromatic carboxylic acids is 2. The number of halogens is 1. The maximum atomic E-state index is 10.9. The van der Waals surface area contributed by atoms with Crippen LogP contribution in [0, 0.1) is 13.8 Å². The average Bonchev–Trinajstić information content (AvgIpc) is 1.99. The van der Waals surface area contributed by atoms with E-state index < -0.39 is 11.9 Å². The van der Waals surface area contributed by atoms with Gasteiger partial charge in [0.15, 0.2) is 0 Å². The summed E-state index contributed by atoms with van der Waals surface area (Å²) >= 11 is 3.02. The molecule has 0 bridgehead atoms. The SMILES string of the molecule is Cc1cc(C)c(C(=O)O)c(Br)c1C(=O)O. The predicted molar refractivity (Wildman–Crippen MR) is 57.5 cm³/mol. The molecule has 0 amide bonds. The van der Waals surface area contributed by atoms with Gasteiger partial charge in [-0.3, -0.25) is 0 Å². The maximum absolute atomic E-state index is 10.9. The number of carbonyl (C=O) groups is 2. The van der Waals surface area contributed by atoms with Crippen molar-refractivity contribution in [2.75, 3.05) is 0 Å². The molecule has 2 N–H and O–H groups in total. The topological polar surface area (TPSA) is 74.6 Å². The summed E-state index contributed by atoms with van der Waals surface area (Å²) in [5, 5.41) is 17.8. The highest BCUT2D eigenvalue weighted by Gasteiger charge is 2.21. The Morgan fingerprint density at radius 3 is 1.67 bits per heavy atom. The lowest BCUT2D eigenvalue weighted by atomic mass is 10.00. The molecule has 1 rings (SSSR count). The Balaban J connectivity index is 3.64. The van der Waals surface area contributed by atoms with Crippen LogP contribution in [0.1, 0.15) is 31.8 Å². The molecule has 0 saturated heterocycles. The smallest absolute Gasteiger partial charge is 0.337 e. The number of rotatable bonds is 2. The first-order chi connectivity index (χ1) is 6.86. The van der Waals surface area contributed by atoms with E-state index in [0.717, 1.165) is 0 Å². The fourth-order valence-corrected chi connectivity index (χ4v) is 2.43. The van der Waals surface area contributed by atoms with E-state index in [1.54, 1.807) is 19.9 Å². The summed E-state index contributed by atoms with van der Waals surface area (Å²) in [6, 6.07) is 1.55. The van der Waals surface area contributed by atoms with Gasteiger partial charge in [-0.25, -0.2) is 9.59 Å². The van der Waals surface area contributed by atoms with Crippen molar-refractivity contribution in [1.29, 1.82) is 0 Å². The molecule has 0 radical (unpaired) electrons. The number of hydrogen-bond donors (Lipinski definition) is 2. The van der Waals surface area contributed by atoms with E-state index >= 15 is 0 Å². The lowest BCUT2D eigenvalue weighted by Crippen LogP contribution is -2.09. The largest absolute Gasteiger partial charge is 0.478 e. The van der Waals surface area contributed by atoms with Crippen LogP contribution in [0.15, 0.2) is 10.5 Å². The van der Waals surface area contributed by atoms with Gasteiger partial charge in [0.1, 0.15) is 0 Å². The van der Waals surface area contributed by atoms with E-state index in [9.17, 15) is 9.59 Å². The quantitative estimate of drug-likeness (QED) is 0.867. The summed E-state index contributed by atoms with van der Waals surface area (Å²) < 4.78 is 0.125. The van der Waals surface area contributed by atoms with Crippen molar-refractivity contribution in [3.05, 3.63) is 32.8 Å². The summed E-state index contributed by atoms with van der Waals surface area (Å²) in [6.07, 6.45) is 0. The Bertz CT molecular complexity index is 413. The molecule has 1 aromatic carbocycles. The van der Waals surface area contributed by atoms with Crippen LogP contribution in [-0.2, 0) is 0 Å². The van der Waals surface area contributed by atoms with E-state index in [1.807, 2.05) is 0 Å². The van der Waals surface area contributed by atoms with Crippen LogP contribution in [0.2, 0.25) is 0 Å². The molecule has 0 spiro atoms. The zero-order valence-corrected chi connectivity index (χ0v) is 9.75. The lowest BCUT2D eigenvalue weighted by Gasteiger charge is -2.10. The van der Waals surface area contributed by atoms with Crippen molar-refractivity contribution < 1.29 is 19.8 Å². The summed E-state index contributed by atoms with van der Waals surface area (Å²) in [5.41, 5.74) is 1.07. The van der Waals surface area contributed by atoms with Crippen LogP contribution in [0.3, 0.4) is 0 Å². The van der Waals surface area contributed by atoms with E-state index in [2.05, 4.69) is 15.9 Å². The molecule has 0 aliphatic rings. The number of carboxylic acid groups (broad SMARTS) is 2. The third kappa shape index (κ3) is 2.02. The molecule has 4 nitrogen and oxygen atoms in total. The molecule has 0 aliphatic heterocycles. The first-order valence-electron chi connectivity index (χ1n) is 4.12. The molecule has 0 aromatic heterocycles. The predicted octanol–water partition coefficient (Wildman–Crippen LogP) is 2.46. The van der Waals surface area contributed by atoms with Gasteiger partial charge in [0.2, 0.25) is 0 Å². The van der Waals surface area contributed by atoms with E-state index in [-0.39, 0.29) is 15.6 Å².